The lowest BCUT2D eigenvalue weighted by atomic mass is 10.2. The van der Waals surface area contributed by atoms with E-state index in [0.717, 1.165) is 5.56 Å². The molecule has 2 heterocycles. The summed E-state index contributed by atoms with van der Waals surface area (Å²) in [6.07, 6.45) is 1.41. The molecule has 0 saturated heterocycles. The summed E-state index contributed by atoms with van der Waals surface area (Å²) >= 11 is 6.04. The van der Waals surface area contributed by atoms with Gasteiger partial charge in [-0.15, -0.1) is 0 Å². The highest BCUT2D eigenvalue weighted by molar-refractivity contribution is 7.89. The molecule has 0 saturated carbocycles. The van der Waals surface area contributed by atoms with Crippen molar-refractivity contribution in [3.05, 3.63) is 100 Å². The predicted molar refractivity (Wildman–Crippen MR) is 126 cm³/mol. The van der Waals surface area contributed by atoms with E-state index in [4.69, 9.17) is 21.7 Å². The molecular formula is C23H16ClN5O3S. The molecular weight excluding hydrogens is 462 g/mol. The fourth-order valence-electron chi connectivity index (χ4n) is 3.56. The lowest BCUT2D eigenvalue weighted by Gasteiger charge is -2.13. The summed E-state index contributed by atoms with van der Waals surface area (Å²) in [5.74, 6) is 0.403. The Morgan fingerprint density at radius 2 is 1.61 bits per heavy atom. The maximum atomic E-state index is 13.6. The Morgan fingerprint density at radius 3 is 2.30 bits per heavy atom. The van der Waals surface area contributed by atoms with E-state index in [1.165, 1.54) is 27.6 Å². The van der Waals surface area contributed by atoms with E-state index < -0.39 is 10.0 Å². The van der Waals surface area contributed by atoms with Crippen LogP contribution in [0.15, 0.2) is 94.7 Å². The smallest absolute Gasteiger partial charge is 0.268 e. The third-order valence-electron chi connectivity index (χ3n) is 5.11. The number of nitrogens with two attached hydrogens (primary N) is 1. The van der Waals surface area contributed by atoms with Crippen LogP contribution in [-0.2, 0) is 10.0 Å². The van der Waals surface area contributed by atoms with E-state index in [1.54, 1.807) is 36.4 Å². The minimum atomic E-state index is -3.91. The molecule has 8 nitrogen and oxygen atoms in total. The predicted octanol–water partition coefficient (Wildman–Crippen LogP) is 3.54. The molecule has 2 N–H and O–H groups in total. The van der Waals surface area contributed by atoms with E-state index in [2.05, 4.69) is 5.10 Å². The largest absolute Gasteiger partial charge is 0.269 e. The Balaban J connectivity index is 1.82. The van der Waals surface area contributed by atoms with E-state index in [0.29, 0.717) is 22.2 Å². The van der Waals surface area contributed by atoms with Gasteiger partial charge in [0.15, 0.2) is 5.65 Å². The topological polar surface area (TPSA) is 113 Å². The first-order valence-corrected chi connectivity index (χ1v) is 11.7. The van der Waals surface area contributed by atoms with Crippen molar-refractivity contribution in [1.82, 2.24) is 19.3 Å². The molecule has 0 amide bonds. The molecule has 0 fully saturated rings. The Kier molecular flexibility index (Phi) is 5.09. The number of nitrogens with zero attached hydrogens (tertiary/aromatic N) is 4. The number of hydrogen-bond acceptors (Lipinski definition) is 5. The average Bonchev–Trinajstić information content (AvgIpc) is 3.24. The first-order chi connectivity index (χ1) is 15.8. The van der Waals surface area contributed by atoms with Gasteiger partial charge < -0.3 is 0 Å². The SMILES string of the molecule is NS(=O)(=O)c1cccc(-n2ncc3c(=O)n(-c4ccc(Cl)cc4)c(-c4ccccc4)nc32)c1. The third kappa shape index (κ3) is 3.82. The summed E-state index contributed by atoms with van der Waals surface area (Å²) in [6, 6.07) is 22.1. The summed E-state index contributed by atoms with van der Waals surface area (Å²) in [7, 11) is -3.91. The Bertz CT molecular complexity index is 1660. The maximum absolute atomic E-state index is 13.6. The van der Waals surface area contributed by atoms with Gasteiger partial charge in [-0.05, 0) is 42.5 Å². The standard InChI is InChI=1S/C23H16ClN5O3S/c24-16-9-11-17(12-10-16)28-21(15-5-2-1-3-6-15)27-22-20(23(28)30)14-26-29(22)18-7-4-8-19(13-18)33(25,31)32/h1-14H,(H2,25,31,32). The number of primary sulfonamides is 1. The van der Waals surface area contributed by atoms with Gasteiger partial charge in [-0.1, -0.05) is 48.0 Å². The number of sulfonamides is 1. The minimum Gasteiger partial charge on any atom is -0.268 e. The van der Waals surface area contributed by atoms with E-state index in [-0.39, 0.29) is 21.5 Å². The van der Waals surface area contributed by atoms with Gasteiger partial charge in [-0.3, -0.25) is 9.36 Å². The van der Waals surface area contributed by atoms with Crippen LogP contribution < -0.4 is 10.7 Å². The van der Waals surface area contributed by atoms with Crippen molar-refractivity contribution in [2.45, 2.75) is 4.90 Å². The van der Waals surface area contributed by atoms with Crippen LogP contribution >= 0.6 is 11.6 Å². The molecule has 5 aromatic rings. The van der Waals surface area contributed by atoms with Gasteiger partial charge in [0.1, 0.15) is 11.2 Å². The molecule has 0 radical (unpaired) electrons. The summed E-state index contributed by atoms with van der Waals surface area (Å²) in [4.78, 5) is 18.3. The zero-order valence-electron chi connectivity index (χ0n) is 17.0. The van der Waals surface area contributed by atoms with Crippen LogP contribution in [0.3, 0.4) is 0 Å². The molecule has 5 rings (SSSR count). The second-order valence-corrected chi connectivity index (χ2v) is 9.25. The molecule has 0 bridgehead atoms. The third-order valence-corrected chi connectivity index (χ3v) is 6.27. The van der Waals surface area contributed by atoms with Gasteiger partial charge >= 0.3 is 0 Å². The van der Waals surface area contributed by atoms with Crippen LogP contribution in [0.4, 0.5) is 0 Å². The van der Waals surface area contributed by atoms with Crippen LogP contribution in [0.25, 0.3) is 33.8 Å². The van der Waals surface area contributed by atoms with Crippen molar-refractivity contribution in [3.8, 4) is 22.8 Å². The Morgan fingerprint density at radius 1 is 0.879 bits per heavy atom. The zero-order valence-corrected chi connectivity index (χ0v) is 18.5. The monoisotopic (exact) mass is 477 g/mol. The molecule has 0 spiro atoms. The average molecular weight is 478 g/mol. The second kappa shape index (κ2) is 7.96. The highest BCUT2D eigenvalue weighted by Gasteiger charge is 2.19. The summed E-state index contributed by atoms with van der Waals surface area (Å²) in [5.41, 5.74) is 1.69. The summed E-state index contributed by atoms with van der Waals surface area (Å²) in [6.45, 7) is 0. The quantitative estimate of drug-likeness (QED) is 0.425. The van der Waals surface area contributed by atoms with Gasteiger partial charge in [0.05, 0.1) is 22.5 Å². The number of halogens is 1. The van der Waals surface area contributed by atoms with Crippen LogP contribution in [-0.4, -0.2) is 27.7 Å². The summed E-state index contributed by atoms with van der Waals surface area (Å²) < 4.78 is 26.5. The van der Waals surface area contributed by atoms with Gasteiger partial charge in [-0.2, -0.15) is 5.10 Å². The fourth-order valence-corrected chi connectivity index (χ4v) is 4.24. The number of benzene rings is 3. The molecule has 164 valence electrons. The molecule has 0 aliphatic carbocycles. The fraction of sp³-hybridized carbons (Fsp3) is 0. The zero-order chi connectivity index (χ0) is 23.2. The van der Waals surface area contributed by atoms with Crippen LogP contribution in [0.2, 0.25) is 5.02 Å². The van der Waals surface area contributed by atoms with Crippen molar-refractivity contribution in [3.63, 3.8) is 0 Å². The highest BCUT2D eigenvalue weighted by atomic mass is 35.5. The number of fused-ring (bicyclic) bond motifs is 1. The normalized spacial score (nSPS) is 11.7. The lowest BCUT2D eigenvalue weighted by Crippen LogP contribution is -2.22. The Hall–Kier alpha value is -3.79. The van der Waals surface area contributed by atoms with Crippen LogP contribution in [0.1, 0.15) is 0 Å². The van der Waals surface area contributed by atoms with Crippen molar-refractivity contribution in [2.24, 2.45) is 5.14 Å². The Labute approximate surface area is 193 Å². The maximum Gasteiger partial charge on any atom is 0.269 e. The molecule has 0 aliphatic heterocycles. The molecule has 10 heteroatoms. The highest BCUT2D eigenvalue weighted by Crippen LogP contribution is 2.24. The molecule has 0 unspecified atom stereocenters. The first kappa shape index (κ1) is 21.1. The van der Waals surface area contributed by atoms with Gasteiger partial charge in [0, 0.05) is 10.6 Å². The number of hydrogen-bond donors (Lipinski definition) is 1. The second-order valence-electron chi connectivity index (χ2n) is 7.25. The van der Waals surface area contributed by atoms with Gasteiger partial charge in [0.25, 0.3) is 5.56 Å². The number of rotatable bonds is 4. The molecule has 2 aromatic heterocycles. The minimum absolute atomic E-state index is 0.0681. The first-order valence-electron chi connectivity index (χ1n) is 9.78. The van der Waals surface area contributed by atoms with E-state index in [1.807, 2.05) is 30.3 Å². The van der Waals surface area contributed by atoms with Crippen molar-refractivity contribution in [2.75, 3.05) is 0 Å². The summed E-state index contributed by atoms with van der Waals surface area (Å²) in [5, 5.41) is 10.4. The number of aromatic nitrogens is 4. The molecule has 33 heavy (non-hydrogen) atoms. The van der Waals surface area contributed by atoms with Crippen molar-refractivity contribution >= 4 is 32.7 Å². The molecule has 3 aromatic carbocycles. The van der Waals surface area contributed by atoms with Crippen molar-refractivity contribution < 1.29 is 8.42 Å². The van der Waals surface area contributed by atoms with E-state index in [9.17, 15) is 13.2 Å². The van der Waals surface area contributed by atoms with E-state index >= 15 is 0 Å². The van der Waals surface area contributed by atoms with Crippen molar-refractivity contribution in [1.29, 1.82) is 0 Å². The van der Waals surface area contributed by atoms with Gasteiger partial charge in [-0.25, -0.2) is 23.2 Å². The molecule has 0 atom stereocenters. The van der Waals surface area contributed by atoms with Gasteiger partial charge in [0.2, 0.25) is 10.0 Å². The van der Waals surface area contributed by atoms with Crippen LogP contribution in [0.5, 0.6) is 0 Å². The van der Waals surface area contributed by atoms with Crippen LogP contribution in [0, 0.1) is 0 Å². The molecule has 0 aliphatic rings. The lowest BCUT2D eigenvalue weighted by molar-refractivity contribution is 0.597.